The second-order valence-corrected chi connectivity index (χ2v) is 52.2. The van der Waals surface area contributed by atoms with Gasteiger partial charge in [0.05, 0.1) is 0 Å². The van der Waals surface area contributed by atoms with Crippen molar-refractivity contribution in [3.05, 3.63) is 244 Å². The van der Waals surface area contributed by atoms with E-state index in [0.717, 1.165) is 28.7 Å². The van der Waals surface area contributed by atoms with Gasteiger partial charge in [0.15, 0.2) is 0 Å². The summed E-state index contributed by atoms with van der Waals surface area (Å²) in [6.45, 7) is 124. The van der Waals surface area contributed by atoms with E-state index in [0.29, 0.717) is 10.8 Å². The predicted molar refractivity (Wildman–Crippen MR) is 561 cm³/mol. The summed E-state index contributed by atoms with van der Waals surface area (Å²) < 4.78 is 23.7. The topological polar surface area (TPSA) is 49.8 Å². The summed E-state index contributed by atoms with van der Waals surface area (Å²) in [6.07, 6.45) is 10.5. The Morgan fingerprint density at radius 2 is 0.360 bits per heavy atom. The quantitative estimate of drug-likeness (QED) is 0.142. The molecule has 0 aliphatic rings. The highest BCUT2D eigenvalue weighted by Gasteiger charge is 2.41. The lowest BCUT2D eigenvalue weighted by Gasteiger charge is -2.42. The molecule has 0 fully saturated rings. The molecule has 0 radical (unpaired) electrons. The van der Waals surface area contributed by atoms with E-state index < -0.39 is 0 Å². The first-order valence-electron chi connectivity index (χ1n) is 47.1. The number of allylic oxidation sites excluding steroid dienone is 4. The van der Waals surface area contributed by atoms with Crippen molar-refractivity contribution < 1.29 is 18.9 Å². The van der Waals surface area contributed by atoms with Crippen LogP contribution in [0.5, 0.6) is 23.1 Å². The molecular weight excluding hydrogens is 1520 g/mol. The van der Waals surface area contributed by atoms with Crippen molar-refractivity contribution in [2.45, 2.75) is 464 Å². The molecule has 125 heavy (non-hydrogen) atoms. The van der Waals surface area contributed by atoms with Crippen molar-refractivity contribution in [2.24, 2.45) is 27.1 Å². The maximum atomic E-state index is 5.96. The van der Waals surface area contributed by atoms with Gasteiger partial charge in [-0.05, 0) is 239 Å². The lowest BCUT2D eigenvalue weighted by molar-refractivity contribution is 0.120. The van der Waals surface area contributed by atoms with Crippen LogP contribution in [0, 0.1) is 27.1 Å². The first-order chi connectivity index (χ1) is 55.4. The molecular formula is C120H199NO4. The van der Waals surface area contributed by atoms with Crippen molar-refractivity contribution in [3.8, 4) is 23.1 Å². The van der Waals surface area contributed by atoms with Crippen LogP contribution in [0.3, 0.4) is 0 Å². The van der Waals surface area contributed by atoms with E-state index in [9.17, 15) is 0 Å². The number of nitrogens with zero attached hydrogens (tertiary/aromatic N) is 1. The van der Waals surface area contributed by atoms with E-state index in [2.05, 4.69) is 498 Å². The van der Waals surface area contributed by atoms with Gasteiger partial charge in [0.25, 0.3) is 0 Å². The van der Waals surface area contributed by atoms with Gasteiger partial charge in [-0.1, -0.05) is 462 Å². The zero-order valence-corrected chi connectivity index (χ0v) is 92.5. The molecule has 0 aliphatic carbocycles. The van der Waals surface area contributed by atoms with Gasteiger partial charge in [-0.25, -0.2) is 4.98 Å². The van der Waals surface area contributed by atoms with Gasteiger partial charge in [0, 0.05) is 11.8 Å². The number of ether oxygens (including phenoxy) is 4. The van der Waals surface area contributed by atoms with Crippen molar-refractivity contribution in [2.75, 3.05) is 0 Å². The highest BCUT2D eigenvalue weighted by atomic mass is 16.5. The van der Waals surface area contributed by atoms with Crippen LogP contribution in [-0.2, 0) is 54.1 Å². The zero-order valence-electron chi connectivity index (χ0n) is 92.5. The van der Waals surface area contributed by atoms with Crippen molar-refractivity contribution in [1.29, 1.82) is 0 Å². The van der Waals surface area contributed by atoms with E-state index in [-0.39, 0.29) is 92.8 Å². The van der Waals surface area contributed by atoms with Crippen molar-refractivity contribution in [3.63, 3.8) is 0 Å². The summed E-state index contributed by atoms with van der Waals surface area (Å²) in [4.78, 5) is 4.31. The maximum absolute atomic E-state index is 5.96. The largest absolute Gasteiger partial charge is 0.488 e. The third kappa shape index (κ3) is 44.8. The van der Waals surface area contributed by atoms with Gasteiger partial charge < -0.3 is 18.9 Å². The predicted octanol–water partition coefficient (Wildman–Crippen LogP) is 37.2. The van der Waals surface area contributed by atoms with E-state index >= 15 is 0 Å². The maximum Gasteiger partial charge on any atom is 0.217 e. The smallest absolute Gasteiger partial charge is 0.217 e. The molecule has 0 N–H and O–H groups in total. The van der Waals surface area contributed by atoms with Crippen LogP contribution in [0.25, 0.3) is 0 Å². The molecule has 5 heteroatoms. The summed E-state index contributed by atoms with van der Waals surface area (Å²) in [5, 5.41) is 0. The molecule has 1 aromatic heterocycles. The van der Waals surface area contributed by atoms with Crippen molar-refractivity contribution >= 4 is 0 Å². The molecule has 0 atom stereocenters. The number of hydrogen-bond donors (Lipinski definition) is 0. The van der Waals surface area contributed by atoms with Crippen LogP contribution < -0.4 is 18.9 Å². The average molecular weight is 1720 g/mol. The first kappa shape index (κ1) is 120. The fourth-order valence-electron chi connectivity index (χ4n) is 12.8. The minimum absolute atomic E-state index is 0.0643. The Bertz CT molecular complexity index is 3820. The lowest BCUT2D eigenvalue weighted by Crippen LogP contribution is -2.36. The molecule has 0 aliphatic heterocycles. The van der Waals surface area contributed by atoms with Crippen LogP contribution in [0.15, 0.2) is 188 Å². The Morgan fingerprint density at radius 1 is 0.192 bits per heavy atom. The standard InChI is InChI=1S/3C17H28.3C14H22O.C13H21NO.C12H22.C2H6/c3*1-15(2,3)13-11-9-10-12-14(13)17(7,8)16(4,5)6;3*1-13(2,3)11-9-7-8-10-12(11)15-14(4,5)6;1-12(2,3)10-8-7-9-14-11(10)15-13(4,5)6;1-11(2,3)9-7-8-10-12(4,5)6;1-2/h3*9-12H,1-8H3;3*7-10H,1-6H3;7-9H,1-6H3;7-10H,1-6H3;1-2H3/b;;;;;;;9-7-,10-8-;. The van der Waals surface area contributed by atoms with Gasteiger partial charge in [-0.15, -0.1) is 0 Å². The van der Waals surface area contributed by atoms with E-state index in [1.807, 2.05) is 77.1 Å². The summed E-state index contributed by atoms with van der Waals surface area (Å²) in [5.41, 5.74) is 16.2. The normalized spacial score (nSPS) is 13.2. The fourth-order valence-corrected chi connectivity index (χ4v) is 12.8. The molecule has 0 saturated heterocycles. The zero-order chi connectivity index (χ0) is 99.0. The summed E-state index contributed by atoms with van der Waals surface area (Å²) in [7, 11) is 0. The Hall–Kier alpha value is -6.85. The summed E-state index contributed by atoms with van der Waals surface area (Å²) >= 11 is 0. The third-order valence-corrected chi connectivity index (χ3v) is 22.5. The molecule has 0 bridgehead atoms. The first-order valence-corrected chi connectivity index (χ1v) is 47.1. The SMILES string of the molecule is CC.CC(C)(C)/C=C\C=C/C(C)(C)C.CC(C)(C)Oc1ccccc1C(C)(C)C.CC(C)(C)Oc1ccccc1C(C)(C)C.CC(C)(C)Oc1ccccc1C(C)(C)C.CC(C)(C)Oc1ncccc1C(C)(C)C.CC(C)(C)c1ccccc1C(C)(C)C(C)(C)C.CC(C)(C)c1ccccc1C(C)(C)C(C)(C)C.CC(C)(C)c1ccccc1C(C)(C)C(C)(C)C. The molecule has 7 rings (SSSR count). The Kier molecular flexibility index (Phi) is 44.3. The molecule has 708 valence electrons. The second kappa shape index (κ2) is 46.1. The molecule has 0 unspecified atom stereocenters. The lowest BCUT2D eigenvalue weighted by atomic mass is 9.62. The molecule has 7 aromatic rings. The fraction of sp³-hybridized carbons (Fsp3) is 0.625. The Labute approximate surface area is 777 Å². The molecule has 1 heterocycles. The number of para-hydroxylation sites is 3. The molecule has 0 amide bonds. The number of rotatable bonds is 8. The average Bonchev–Trinajstić information content (AvgIpc) is 0.774. The second-order valence-electron chi connectivity index (χ2n) is 52.2. The van der Waals surface area contributed by atoms with Gasteiger partial charge in [0.2, 0.25) is 5.88 Å². The minimum atomic E-state index is -0.200. The number of hydrogen-bond acceptors (Lipinski definition) is 5. The van der Waals surface area contributed by atoms with E-state index in [4.69, 9.17) is 18.9 Å². The van der Waals surface area contributed by atoms with Crippen LogP contribution in [0.4, 0.5) is 0 Å². The minimum Gasteiger partial charge on any atom is -0.488 e. The molecule has 0 saturated carbocycles. The molecule has 5 nitrogen and oxygen atoms in total. The number of aromatic nitrogens is 1. The molecule has 6 aromatic carbocycles. The van der Waals surface area contributed by atoms with Crippen molar-refractivity contribution in [1.82, 2.24) is 4.98 Å². The summed E-state index contributed by atoms with van der Waals surface area (Å²) in [5.74, 6) is 3.74. The van der Waals surface area contributed by atoms with Crippen LogP contribution >= 0.6 is 0 Å². The third-order valence-electron chi connectivity index (χ3n) is 22.5. The number of pyridine rings is 1. The van der Waals surface area contributed by atoms with E-state index in [1.54, 1.807) is 6.20 Å². The highest BCUT2D eigenvalue weighted by molar-refractivity contribution is 5.44. The van der Waals surface area contributed by atoms with Gasteiger partial charge in [-0.3, -0.25) is 0 Å². The highest BCUT2D eigenvalue weighted by Crippen LogP contribution is 2.48. The van der Waals surface area contributed by atoms with Crippen LogP contribution in [-0.4, -0.2) is 27.4 Å². The summed E-state index contributed by atoms with van der Waals surface area (Å²) in [6, 6.07) is 55.6. The van der Waals surface area contributed by atoms with Crippen LogP contribution in [0.1, 0.15) is 443 Å². The Morgan fingerprint density at radius 3 is 0.528 bits per heavy atom. The molecule has 0 spiro atoms. The van der Waals surface area contributed by atoms with Gasteiger partial charge in [-0.2, -0.15) is 0 Å². The monoisotopic (exact) mass is 1720 g/mol. The Balaban J connectivity index is 0. The number of benzene rings is 6. The van der Waals surface area contributed by atoms with Crippen LogP contribution in [0.2, 0.25) is 0 Å². The van der Waals surface area contributed by atoms with Gasteiger partial charge in [0.1, 0.15) is 39.7 Å². The van der Waals surface area contributed by atoms with E-state index in [1.165, 1.54) is 50.1 Å². The van der Waals surface area contributed by atoms with Gasteiger partial charge >= 0.3 is 0 Å².